The van der Waals surface area contributed by atoms with Crippen molar-refractivity contribution in [2.45, 2.75) is 0 Å². The highest BCUT2D eigenvalue weighted by Crippen LogP contribution is 2.23. The lowest BCUT2D eigenvalue weighted by atomic mass is 10.0. The Morgan fingerprint density at radius 1 is 1.21 bits per heavy atom. The third kappa shape index (κ3) is 2.76. The predicted molar refractivity (Wildman–Crippen MR) is 74.9 cm³/mol. The van der Waals surface area contributed by atoms with Crippen molar-refractivity contribution in [3.8, 4) is 5.75 Å². The molecule has 0 aliphatic carbocycles. The minimum Gasteiger partial charge on any atom is -0.494 e. The van der Waals surface area contributed by atoms with Gasteiger partial charge in [0.25, 0.3) is 0 Å². The Morgan fingerprint density at radius 2 is 1.84 bits per heavy atom. The zero-order valence-electron chi connectivity index (χ0n) is 10.1. The van der Waals surface area contributed by atoms with Crippen molar-refractivity contribution in [3.05, 3.63) is 57.8 Å². The van der Waals surface area contributed by atoms with Crippen LogP contribution in [0.4, 0.5) is 10.1 Å². The molecule has 0 heterocycles. The second-order valence-corrected chi connectivity index (χ2v) is 4.77. The third-order valence-corrected chi connectivity index (χ3v) is 3.39. The van der Waals surface area contributed by atoms with Gasteiger partial charge in [-0.3, -0.25) is 4.79 Å². The molecule has 0 amide bonds. The fourth-order valence-corrected chi connectivity index (χ4v) is 1.91. The van der Waals surface area contributed by atoms with Crippen molar-refractivity contribution in [2.75, 3.05) is 12.8 Å². The summed E-state index contributed by atoms with van der Waals surface area (Å²) in [6.45, 7) is 0. The van der Waals surface area contributed by atoms with Crippen LogP contribution in [0, 0.1) is 5.82 Å². The van der Waals surface area contributed by atoms with Gasteiger partial charge in [-0.15, -0.1) is 0 Å². The molecule has 0 aromatic heterocycles. The molecular formula is C14H11BrFNO2. The molecule has 5 heteroatoms. The summed E-state index contributed by atoms with van der Waals surface area (Å²) < 4.78 is 19.1. The second-order valence-electron chi connectivity index (χ2n) is 3.91. The number of nitrogens with two attached hydrogens (primary N) is 1. The number of hydrogen-bond acceptors (Lipinski definition) is 3. The van der Waals surface area contributed by atoms with E-state index in [0.717, 1.165) is 6.07 Å². The summed E-state index contributed by atoms with van der Waals surface area (Å²) in [5.41, 5.74) is 6.83. The zero-order valence-corrected chi connectivity index (χ0v) is 11.7. The third-order valence-electron chi connectivity index (χ3n) is 2.67. The number of carbonyl (C=O) groups is 1. The number of ether oxygens (including phenoxy) is 1. The lowest BCUT2D eigenvalue weighted by molar-refractivity contribution is 0.103. The van der Waals surface area contributed by atoms with Crippen LogP contribution < -0.4 is 10.5 Å². The Morgan fingerprint density at radius 3 is 2.42 bits per heavy atom. The maximum absolute atomic E-state index is 13.6. The second kappa shape index (κ2) is 5.40. The summed E-state index contributed by atoms with van der Waals surface area (Å²) in [5, 5.41) is 0. The highest BCUT2D eigenvalue weighted by atomic mass is 79.9. The van der Waals surface area contributed by atoms with Gasteiger partial charge in [0.1, 0.15) is 0 Å². The number of anilines is 1. The van der Waals surface area contributed by atoms with E-state index in [1.807, 2.05) is 0 Å². The van der Waals surface area contributed by atoms with Crippen LogP contribution in [0.15, 0.2) is 40.9 Å². The molecule has 3 nitrogen and oxygen atoms in total. The standard InChI is InChI=1S/C14H11BrFNO2/c1-19-13-5-3-8(6-11(13)16)14(18)9-2-4-10(15)12(17)7-9/h2-7H,17H2,1H3. The minimum atomic E-state index is -0.571. The SMILES string of the molecule is COc1ccc(C(=O)c2ccc(Br)c(N)c2)cc1F. The summed E-state index contributed by atoms with van der Waals surface area (Å²) in [6.07, 6.45) is 0. The number of nitrogen functional groups attached to an aromatic ring is 1. The van der Waals surface area contributed by atoms with Gasteiger partial charge >= 0.3 is 0 Å². The molecule has 0 aliphatic rings. The molecule has 0 spiro atoms. The molecule has 0 saturated carbocycles. The first kappa shape index (κ1) is 13.5. The highest BCUT2D eigenvalue weighted by Gasteiger charge is 2.13. The average molecular weight is 324 g/mol. The molecule has 2 N–H and O–H groups in total. The van der Waals surface area contributed by atoms with Crippen LogP contribution in [0.3, 0.4) is 0 Å². The van der Waals surface area contributed by atoms with E-state index in [-0.39, 0.29) is 17.1 Å². The smallest absolute Gasteiger partial charge is 0.193 e. The van der Waals surface area contributed by atoms with Crippen molar-refractivity contribution in [2.24, 2.45) is 0 Å². The summed E-state index contributed by atoms with van der Waals surface area (Å²) >= 11 is 3.25. The van der Waals surface area contributed by atoms with E-state index in [4.69, 9.17) is 10.5 Å². The van der Waals surface area contributed by atoms with Crippen LogP contribution in [0.5, 0.6) is 5.75 Å². The molecule has 0 unspecified atom stereocenters. The van der Waals surface area contributed by atoms with Gasteiger partial charge < -0.3 is 10.5 Å². The van der Waals surface area contributed by atoms with Gasteiger partial charge in [0.15, 0.2) is 17.3 Å². The Balaban J connectivity index is 2.38. The summed E-state index contributed by atoms with van der Waals surface area (Å²) in [7, 11) is 1.37. The van der Waals surface area contributed by atoms with Crippen LogP contribution in [-0.4, -0.2) is 12.9 Å². The van der Waals surface area contributed by atoms with Crippen LogP contribution in [0.25, 0.3) is 0 Å². The van der Waals surface area contributed by atoms with Crippen molar-refractivity contribution in [1.82, 2.24) is 0 Å². The molecule has 2 rings (SSSR count). The van der Waals surface area contributed by atoms with E-state index >= 15 is 0 Å². The van der Waals surface area contributed by atoms with E-state index in [1.54, 1.807) is 18.2 Å². The van der Waals surface area contributed by atoms with Gasteiger partial charge in [-0.1, -0.05) is 0 Å². The lowest BCUT2D eigenvalue weighted by Crippen LogP contribution is -2.03. The van der Waals surface area contributed by atoms with Crippen molar-refractivity contribution < 1.29 is 13.9 Å². The van der Waals surface area contributed by atoms with Crippen molar-refractivity contribution >= 4 is 27.4 Å². The van der Waals surface area contributed by atoms with Gasteiger partial charge in [0.2, 0.25) is 0 Å². The topological polar surface area (TPSA) is 52.3 Å². The molecule has 0 atom stereocenters. The molecular weight excluding hydrogens is 313 g/mol. The fraction of sp³-hybridized carbons (Fsp3) is 0.0714. The molecule has 0 fully saturated rings. The number of rotatable bonds is 3. The first-order chi connectivity index (χ1) is 9.02. The van der Waals surface area contributed by atoms with E-state index in [2.05, 4.69) is 15.9 Å². The Labute approximate surface area is 118 Å². The zero-order chi connectivity index (χ0) is 14.0. The highest BCUT2D eigenvalue weighted by molar-refractivity contribution is 9.10. The monoisotopic (exact) mass is 323 g/mol. The molecule has 2 aromatic carbocycles. The molecule has 2 aromatic rings. The number of carbonyl (C=O) groups excluding carboxylic acids is 1. The van der Waals surface area contributed by atoms with Crippen LogP contribution >= 0.6 is 15.9 Å². The number of hydrogen-bond donors (Lipinski definition) is 1. The maximum Gasteiger partial charge on any atom is 0.193 e. The van der Waals surface area contributed by atoms with Crippen LogP contribution in [-0.2, 0) is 0 Å². The normalized spacial score (nSPS) is 10.3. The fourth-order valence-electron chi connectivity index (χ4n) is 1.66. The van der Waals surface area contributed by atoms with E-state index in [0.29, 0.717) is 15.7 Å². The number of halogens is 2. The van der Waals surface area contributed by atoms with E-state index in [9.17, 15) is 9.18 Å². The van der Waals surface area contributed by atoms with E-state index in [1.165, 1.54) is 19.2 Å². The van der Waals surface area contributed by atoms with Crippen LogP contribution in [0.2, 0.25) is 0 Å². The average Bonchev–Trinajstić information content (AvgIpc) is 2.41. The Bertz CT molecular complexity index is 643. The maximum atomic E-state index is 13.6. The summed E-state index contributed by atoms with van der Waals surface area (Å²) in [5.74, 6) is -0.758. The summed E-state index contributed by atoms with van der Waals surface area (Å²) in [6, 6.07) is 8.95. The largest absolute Gasteiger partial charge is 0.494 e. The Kier molecular flexibility index (Phi) is 3.85. The minimum absolute atomic E-state index is 0.104. The van der Waals surface area contributed by atoms with Crippen molar-refractivity contribution in [3.63, 3.8) is 0 Å². The molecule has 0 saturated heterocycles. The van der Waals surface area contributed by atoms with Gasteiger partial charge in [0, 0.05) is 21.3 Å². The van der Waals surface area contributed by atoms with Crippen LogP contribution in [0.1, 0.15) is 15.9 Å². The molecule has 0 radical (unpaired) electrons. The van der Waals surface area contributed by atoms with E-state index < -0.39 is 5.82 Å². The van der Waals surface area contributed by atoms with Gasteiger partial charge in [-0.2, -0.15) is 0 Å². The molecule has 98 valence electrons. The quantitative estimate of drug-likeness (QED) is 0.695. The lowest BCUT2D eigenvalue weighted by Gasteiger charge is -2.06. The number of ketones is 1. The predicted octanol–water partition coefficient (Wildman–Crippen LogP) is 3.41. The molecule has 19 heavy (non-hydrogen) atoms. The number of methoxy groups -OCH3 is 1. The first-order valence-corrected chi connectivity index (χ1v) is 6.25. The van der Waals surface area contributed by atoms with Gasteiger partial charge in [-0.25, -0.2) is 4.39 Å². The Hall–Kier alpha value is -1.88. The molecule has 0 aliphatic heterocycles. The number of benzene rings is 2. The van der Waals surface area contributed by atoms with Gasteiger partial charge in [-0.05, 0) is 52.3 Å². The summed E-state index contributed by atoms with van der Waals surface area (Å²) in [4.78, 5) is 12.2. The molecule has 0 bridgehead atoms. The van der Waals surface area contributed by atoms with Gasteiger partial charge in [0.05, 0.1) is 7.11 Å². The first-order valence-electron chi connectivity index (χ1n) is 5.46. The van der Waals surface area contributed by atoms with Crippen molar-refractivity contribution in [1.29, 1.82) is 0 Å².